The number of nitrogens with zero attached hydrogens (tertiary/aromatic N) is 2. The molecule has 1 N–H and O–H groups in total. The molecule has 0 fully saturated rings. The lowest BCUT2D eigenvalue weighted by atomic mass is 10.3. The first kappa shape index (κ1) is 14.2. The average molecular weight is 283 g/mol. The van der Waals surface area contributed by atoms with Crippen LogP contribution >= 0.6 is 11.3 Å². The molecule has 3 nitrogen and oxygen atoms in total. The molecule has 0 atom stereocenters. The van der Waals surface area contributed by atoms with E-state index in [0.29, 0.717) is 0 Å². The number of thiazole rings is 1. The predicted octanol–water partition coefficient (Wildman–Crippen LogP) is 4.89. The van der Waals surface area contributed by atoms with E-state index in [1.165, 1.54) is 4.70 Å². The van der Waals surface area contributed by atoms with Crippen molar-refractivity contribution in [2.45, 2.75) is 13.8 Å². The lowest BCUT2D eigenvalue weighted by Crippen LogP contribution is -1.63. The molecule has 0 aliphatic heterocycles. The van der Waals surface area contributed by atoms with Crippen LogP contribution in [-0.2, 0) is 0 Å². The summed E-state index contributed by atoms with van der Waals surface area (Å²) in [7, 11) is 0. The number of nitrogens with one attached hydrogen (secondary N) is 1. The molecule has 0 spiro atoms. The molecule has 4 rings (SSSR count). The van der Waals surface area contributed by atoms with Crippen molar-refractivity contribution in [3.8, 4) is 0 Å². The number of H-pyrrole nitrogens is 1. The van der Waals surface area contributed by atoms with Gasteiger partial charge in [0, 0.05) is 0 Å². The van der Waals surface area contributed by atoms with Gasteiger partial charge < -0.3 is 4.98 Å². The van der Waals surface area contributed by atoms with Crippen molar-refractivity contribution < 1.29 is 0 Å². The van der Waals surface area contributed by atoms with E-state index in [1.54, 1.807) is 17.7 Å². The van der Waals surface area contributed by atoms with Gasteiger partial charge in [-0.25, -0.2) is 9.97 Å². The zero-order chi connectivity index (χ0) is 14.2. The lowest BCUT2D eigenvalue weighted by Gasteiger charge is -1.81. The highest BCUT2D eigenvalue weighted by Crippen LogP contribution is 2.15. The fraction of sp³-hybridized carbons (Fsp3) is 0.125. The molecule has 0 aliphatic carbocycles. The molecule has 0 aliphatic rings. The Labute approximate surface area is 122 Å². The van der Waals surface area contributed by atoms with Gasteiger partial charge in [0.15, 0.2) is 0 Å². The van der Waals surface area contributed by atoms with Gasteiger partial charge in [-0.15, -0.1) is 11.3 Å². The fourth-order valence-electron chi connectivity index (χ4n) is 1.68. The van der Waals surface area contributed by atoms with Crippen LogP contribution in [-0.4, -0.2) is 15.0 Å². The highest BCUT2D eigenvalue weighted by Gasteiger charge is 1.89. The number of aromatic nitrogens is 3. The lowest BCUT2D eigenvalue weighted by molar-refractivity contribution is 1.34. The van der Waals surface area contributed by atoms with Crippen LogP contribution in [0.2, 0.25) is 0 Å². The van der Waals surface area contributed by atoms with E-state index in [0.717, 1.165) is 16.6 Å². The Morgan fingerprint density at radius 3 is 2.30 bits per heavy atom. The molecule has 4 aromatic rings. The summed E-state index contributed by atoms with van der Waals surface area (Å²) in [6.45, 7) is 4.00. The maximum Gasteiger partial charge on any atom is 0.0931 e. The van der Waals surface area contributed by atoms with Crippen molar-refractivity contribution in [2.75, 3.05) is 0 Å². The van der Waals surface area contributed by atoms with Gasteiger partial charge in [0.1, 0.15) is 0 Å². The van der Waals surface area contributed by atoms with Crippen LogP contribution in [0, 0.1) is 0 Å². The Balaban J connectivity index is 0.000000131. The van der Waals surface area contributed by atoms with Crippen LogP contribution in [0.15, 0.2) is 60.4 Å². The standard InChI is InChI=1S/C7H6N2.C7H5NS.C2H6/c2*1-2-4-7-6(3-1)8-5-9-7;1-2/h1-5H,(H,8,9);1-5H;1-2H3. The molecule has 2 aromatic heterocycles. The first-order valence-electron chi connectivity index (χ1n) is 6.60. The Kier molecular flexibility index (Phi) is 5.26. The molecule has 20 heavy (non-hydrogen) atoms. The van der Waals surface area contributed by atoms with Crippen molar-refractivity contribution in [3.63, 3.8) is 0 Å². The molecular weight excluding hydrogens is 266 g/mol. The quantitative estimate of drug-likeness (QED) is 0.499. The molecule has 0 radical (unpaired) electrons. The van der Waals surface area contributed by atoms with Gasteiger partial charge >= 0.3 is 0 Å². The summed E-state index contributed by atoms with van der Waals surface area (Å²) in [5.74, 6) is 0. The second-order valence-electron chi connectivity index (χ2n) is 3.74. The summed E-state index contributed by atoms with van der Waals surface area (Å²) < 4.78 is 1.26. The smallest absolute Gasteiger partial charge is 0.0931 e. The Morgan fingerprint density at radius 1 is 0.850 bits per heavy atom. The molecule has 102 valence electrons. The second-order valence-corrected chi connectivity index (χ2v) is 4.63. The number of fused-ring (bicyclic) bond motifs is 2. The highest BCUT2D eigenvalue weighted by molar-refractivity contribution is 7.16. The molecule has 0 saturated carbocycles. The van der Waals surface area contributed by atoms with Gasteiger partial charge in [-0.3, -0.25) is 0 Å². The van der Waals surface area contributed by atoms with E-state index >= 15 is 0 Å². The number of aromatic amines is 1. The van der Waals surface area contributed by atoms with E-state index in [-0.39, 0.29) is 0 Å². The highest BCUT2D eigenvalue weighted by atomic mass is 32.1. The number of benzene rings is 2. The molecular formula is C16H17N3S. The minimum Gasteiger partial charge on any atom is -0.345 e. The van der Waals surface area contributed by atoms with Crippen LogP contribution in [0.5, 0.6) is 0 Å². The van der Waals surface area contributed by atoms with Gasteiger partial charge in [0.2, 0.25) is 0 Å². The Morgan fingerprint density at radius 2 is 1.55 bits per heavy atom. The first-order chi connectivity index (χ1) is 9.93. The maximum absolute atomic E-state index is 4.14. The average Bonchev–Trinajstić information content (AvgIpc) is 3.18. The fourth-order valence-corrected chi connectivity index (χ4v) is 2.36. The van der Waals surface area contributed by atoms with E-state index in [1.807, 2.05) is 61.8 Å². The minimum absolute atomic E-state index is 1.03. The van der Waals surface area contributed by atoms with Crippen molar-refractivity contribution in [3.05, 3.63) is 60.4 Å². The van der Waals surface area contributed by atoms with E-state index in [9.17, 15) is 0 Å². The maximum atomic E-state index is 4.14. The summed E-state index contributed by atoms with van der Waals surface area (Å²) in [5.41, 5.74) is 5.09. The van der Waals surface area contributed by atoms with Crippen LogP contribution < -0.4 is 0 Å². The molecule has 2 aromatic carbocycles. The van der Waals surface area contributed by atoms with E-state index < -0.39 is 0 Å². The third-order valence-electron chi connectivity index (χ3n) is 2.56. The molecule has 0 amide bonds. The van der Waals surface area contributed by atoms with Gasteiger partial charge in [-0.05, 0) is 24.3 Å². The third kappa shape index (κ3) is 3.42. The van der Waals surface area contributed by atoms with Gasteiger partial charge in [0.05, 0.1) is 33.1 Å². The molecule has 0 bridgehead atoms. The van der Waals surface area contributed by atoms with Crippen molar-refractivity contribution in [1.29, 1.82) is 0 Å². The number of imidazole rings is 1. The van der Waals surface area contributed by atoms with Crippen LogP contribution in [0.25, 0.3) is 21.3 Å². The Hall–Kier alpha value is -2.20. The monoisotopic (exact) mass is 283 g/mol. The summed E-state index contributed by atoms with van der Waals surface area (Å²) >= 11 is 1.68. The number of hydrogen-bond acceptors (Lipinski definition) is 3. The molecule has 2 heterocycles. The van der Waals surface area contributed by atoms with E-state index in [2.05, 4.69) is 21.0 Å². The van der Waals surface area contributed by atoms with E-state index in [4.69, 9.17) is 0 Å². The van der Waals surface area contributed by atoms with Gasteiger partial charge in [-0.2, -0.15) is 0 Å². The first-order valence-corrected chi connectivity index (χ1v) is 7.48. The summed E-state index contributed by atoms with van der Waals surface area (Å²) in [4.78, 5) is 11.2. The zero-order valence-electron chi connectivity index (χ0n) is 11.6. The summed E-state index contributed by atoms with van der Waals surface area (Å²) in [5, 5.41) is 0. The van der Waals surface area contributed by atoms with Crippen molar-refractivity contribution in [2.24, 2.45) is 0 Å². The molecule has 0 saturated heterocycles. The minimum atomic E-state index is 1.03. The largest absolute Gasteiger partial charge is 0.345 e. The molecule has 0 unspecified atom stereocenters. The van der Waals surface area contributed by atoms with Crippen LogP contribution in [0.3, 0.4) is 0 Å². The van der Waals surface area contributed by atoms with Gasteiger partial charge in [0.25, 0.3) is 0 Å². The van der Waals surface area contributed by atoms with Crippen molar-refractivity contribution >= 4 is 32.6 Å². The van der Waals surface area contributed by atoms with Crippen molar-refractivity contribution in [1.82, 2.24) is 15.0 Å². The number of para-hydroxylation sites is 3. The Bertz CT molecular complexity index is 632. The summed E-state index contributed by atoms with van der Waals surface area (Å²) in [6, 6.07) is 16.1. The molecule has 4 heteroatoms. The zero-order valence-corrected chi connectivity index (χ0v) is 12.4. The van der Waals surface area contributed by atoms with Crippen LogP contribution in [0.1, 0.15) is 13.8 Å². The van der Waals surface area contributed by atoms with Crippen LogP contribution in [0.4, 0.5) is 0 Å². The normalized spacial score (nSPS) is 9.50. The topological polar surface area (TPSA) is 41.6 Å². The second kappa shape index (κ2) is 7.40. The number of hydrogen-bond donors (Lipinski definition) is 1. The SMILES string of the molecule is CC.c1ccc2[nH]cnc2c1.c1ccc2scnc2c1. The van der Waals surface area contributed by atoms with Gasteiger partial charge in [-0.1, -0.05) is 38.1 Å². The predicted molar refractivity (Wildman–Crippen MR) is 87.1 cm³/mol. The third-order valence-corrected chi connectivity index (χ3v) is 3.37. The number of rotatable bonds is 0. The summed E-state index contributed by atoms with van der Waals surface area (Å²) in [6.07, 6.45) is 1.70.